The Morgan fingerprint density at radius 1 is 1.50 bits per heavy atom. The molecule has 0 amide bonds. The monoisotopic (exact) mass is 232 g/mol. The van der Waals surface area contributed by atoms with Crippen LogP contribution in [0.5, 0.6) is 0 Å². The minimum absolute atomic E-state index is 0.178. The first kappa shape index (κ1) is 12.2. The first-order valence-corrected chi connectivity index (χ1v) is 5.08. The van der Waals surface area contributed by atoms with Crippen molar-refractivity contribution >= 4 is 17.4 Å². The van der Waals surface area contributed by atoms with Gasteiger partial charge in [-0.2, -0.15) is 10.5 Å². The van der Waals surface area contributed by atoms with Crippen LogP contribution in [0.1, 0.15) is 29.0 Å². The second-order valence-corrected chi connectivity index (χ2v) is 3.77. The summed E-state index contributed by atoms with van der Waals surface area (Å²) in [4.78, 5) is 11.2. The Morgan fingerprint density at radius 2 is 2.19 bits per heavy atom. The highest BCUT2D eigenvalue weighted by molar-refractivity contribution is 6.30. The van der Waals surface area contributed by atoms with E-state index < -0.39 is 5.38 Å². The van der Waals surface area contributed by atoms with Crippen molar-refractivity contribution in [2.45, 2.75) is 18.7 Å². The Balaban J connectivity index is 3.27. The van der Waals surface area contributed by atoms with Crippen LogP contribution < -0.4 is 0 Å². The first-order chi connectivity index (χ1) is 7.60. The molecular formula is C12H9ClN2O. The van der Waals surface area contributed by atoms with Crippen LogP contribution in [0.15, 0.2) is 18.2 Å². The van der Waals surface area contributed by atoms with Crippen LogP contribution in [-0.2, 0) is 11.2 Å². The molecular weight excluding hydrogens is 224 g/mol. The maximum Gasteiger partial charge on any atom is 0.152 e. The fourth-order valence-corrected chi connectivity index (χ4v) is 1.57. The summed E-state index contributed by atoms with van der Waals surface area (Å²) in [6.45, 7) is 1.38. The van der Waals surface area contributed by atoms with Crippen molar-refractivity contribution < 1.29 is 4.79 Å². The van der Waals surface area contributed by atoms with E-state index in [1.54, 1.807) is 18.2 Å². The number of nitrogens with zero attached hydrogens (tertiary/aromatic N) is 2. The van der Waals surface area contributed by atoms with E-state index in [0.717, 1.165) is 0 Å². The van der Waals surface area contributed by atoms with E-state index in [-0.39, 0.29) is 12.2 Å². The van der Waals surface area contributed by atoms with Gasteiger partial charge in [-0.1, -0.05) is 6.07 Å². The summed E-state index contributed by atoms with van der Waals surface area (Å²) in [5, 5.41) is 16.6. The molecule has 1 aromatic rings. The Morgan fingerprint density at radius 3 is 2.69 bits per heavy atom. The summed E-state index contributed by atoms with van der Waals surface area (Å²) in [5.74, 6) is -0.198. The van der Waals surface area contributed by atoms with Gasteiger partial charge in [0.25, 0.3) is 0 Å². The number of alkyl halides is 1. The standard InChI is InChI=1S/C12H9ClN2O/c1-8(16)12(13)11-6-9(7-15)2-3-10(11)4-5-14/h2-3,6,12H,4H2,1H3. The molecule has 0 saturated carbocycles. The number of ketones is 1. The van der Waals surface area contributed by atoms with Gasteiger partial charge in [0.15, 0.2) is 5.78 Å². The van der Waals surface area contributed by atoms with Gasteiger partial charge >= 0.3 is 0 Å². The molecule has 4 heteroatoms. The lowest BCUT2D eigenvalue weighted by molar-refractivity contribution is -0.116. The minimum atomic E-state index is -0.795. The normalized spacial score (nSPS) is 11.2. The third-order valence-electron chi connectivity index (χ3n) is 2.17. The largest absolute Gasteiger partial charge is 0.298 e. The molecule has 1 atom stereocenters. The zero-order valence-electron chi connectivity index (χ0n) is 8.70. The lowest BCUT2D eigenvalue weighted by Gasteiger charge is -2.10. The number of halogens is 1. The van der Waals surface area contributed by atoms with Gasteiger partial charge in [0.2, 0.25) is 0 Å². The minimum Gasteiger partial charge on any atom is -0.298 e. The first-order valence-electron chi connectivity index (χ1n) is 4.64. The van der Waals surface area contributed by atoms with Crippen LogP contribution in [0, 0.1) is 22.7 Å². The van der Waals surface area contributed by atoms with Crippen LogP contribution in [0.2, 0.25) is 0 Å². The molecule has 3 nitrogen and oxygen atoms in total. The molecule has 80 valence electrons. The maximum absolute atomic E-state index is 11.2. The number of rotatable bonds is 3. The van der Waals surface area contributed by atoms with E-state index >= 15 is 0 Å². The van der Waals surface area contributed by atoms with Gasteiger partial charge < -0.3 is 0 Å². The number of carbonyl (C=O) groups is 1. The molecule has 0 N–H and O–H groups in total. The third kappa shape index (κ3) is 2.59. The summed E-state index contributed by atoms with van der Waals surface area (Å²) < 4.78 is 0. The smallest absolute Gasteiger partial charge is 0.152 e. The van der Waals surface area contributed by atoms with Gasteiger partial charge in [-0.3, -0.25) is 4.79 Å². The van der Waals surface area contributed by atoms with Crippen molar-refractivity contribution in [3.05, 3.63) is 34.9 Å². The van der Waals surface area contributed by atoms with Crippen LogP contribution in [0.4, 0.5) is 0 Å². The number of benzene rings is 1. The molecule has 0 aliphatic heterocycles. The Bertz CT molecular complexity index is 497. The molecule has 0 radical (unpaired) electrons. The van der Waals surface area contributed by atoms with Gasteiger partial charge in [-0.05, 0) is 30.2 Å². The molecule has 0 bridgehead atoms. The fourth-order valence-electron chi connectivity index (χ4n) is 1.37. The molecule has 0 spiro atoms. The molecule has 0 aliphatic rings. The molecule has 0 heterocycles. The Labute approximate surface area is 98.9 Å². The number of nitriles is 2. The zero-order chi connectivity index (χ0) is 12.1. The molecule has 16 heavy (non-hydrogen) atoms. The molecule has 1 unspecified atom stereocenters. The topological polar surface area (TPSA) is 64.7 Å². The lowest BCUT2D eigenvalue weighted by atomic mass is 9.98. The molecule has 1 aromatic carbocycles. The van der Waals surface area contributed by atoms with Crippen molar-refractivity contribution in [2.24, 2.45) is 0 Å². The highest BCUT2D eigenvalue weighted by Crippen LogP contribution is 2.26. The third-order valence-corrected chi connectivity index (χ3v) is 2.72. The maximum atomic E-state index is 11.2. The molecule has 0 saturated heterocycles. The van der Waals surface area contributed by atoms with Gasteiger partial charge in [0, 0.05) is 0 Å². The van der Waals surface area contributed by atoms with Crippen molar-refractivity contribution in [3.8, 4) is 12.1 Å². The molecule has 0 fully saturated rings. The van der Waals surface area contributed by atoms with Crippen molar-refractivity contribution in [1.82, 2.24) is 0 Å². The summed E-state index contributed by atoms with van der Waals surface area (Å²) in [7, 11) is 0. The quantitative estimate of drug-likeness (QED) is 0.752. The van der Waals surface area contributed by atoms with Gasteiger partial charge in [0.05, 0.1) is 24.1 Å². The average molecular weight is 233 g/mol. The molecule has 1 rings (SSSR count). The zero-order valence-corrected chi connectivity index (χ0v) is 9.45. The van der Waals surface area contributed by atoms with Crippen LogP contribution >= 0.6 is 11.6 Å². The van der Waals surface area contributed by atoms with E-state index in [0.29, 0.717) is 16.7 Å². The number of Topliss-reactive ketones (excluding diaryl/α,β-unsaturated/α-hetero) is 1. The Hall–Kier alpha value is -1.84. The molecule has 0 aliphatic carbocycles. The number of hydrogen-bond acceptors (Lipinski definition) is 3. The summed E-state index contributed by atoms with van der Waals surface area (Å²) in [5.41, 5.74) is 1.68. The van der Waals surface area contributed by atoms with E-state index in [1.807, 2.05) is 12.1 Å². The second-order valence-electron chi connectivity index (χ2n) is 3.33. The van der Waals surface area contributed by atoms with E-state index in [1.165, 1.54) is 6.92 Å². The van der Waals surface area contributed by atoms with Crippen LogP contribution in [-0.4, -0.2) is 5.78 Å². The van der Waals surface area contributed by atoms with Crippen molar-refractivity contribution in [2.75, 3.05) is 0 Å². The van der Waals surface area contributed by atoms with Crippen LogP contribution in [0.3, 0.4) is 0 Å². The SMILES string of the molecule is CC(=O)C(Cl)c1cc(C#N)ccc1CC#N. The highest BCUT2D eigenvalue weighted by Gasteiger charge is 2.17. The number of hydrogen-bond donors (Lipinski definition) is 0. The van der Waals surface area contributed by atoms with Gasteiger partial charge in [-0.15, -0.1) is 11.6 Å². The van der Waals surface area contributed by atoms with Crippen molar-refractivity contribution in [3.63, 3.8) is 0 Å². The number of carbonyl (C=O) groups excluding carboxylic acids is 1. The molecule has 0 aromatic heterocycles. The predicted octanol–water partition coefficient (Wildman–Crippen LogP) is 2.49. The average Bonchev–Trinajstić information content (AvgIpc) is 2.29. The predicted molar refractivity (Wildman–Crippen MR) is 59.7 cm³/mol. The van der Waals surface area contributed by atoms with Gasteiger partial charge in [-0.25, -0.2) is 0 Å². The summed E-state index contributed by atoms with van der Waals surface area (Å²) in [6, 6.07) is 8.81. The fraction of sp³-hybridized carbons (Fsp3) is 0.250. The summed E-state index contributed by atoms with van der Waals surface area (Å²) in [6.07, 6.45) is 0.178. The van der Waals surface area contributed by atoms with Crippen LogP contribution in [0.25, 0.3) is 0 Å². The van der Waals surface area contributed by atoms with Gasteiger partial charge in [0.1, 0.15) is 5.38 Å². The second kappa shape index (κ2) is 5.30. The van der Waals surface area contributed by atoms with E-state index in [4.69, 9.17) is 22.1 Å². The lowest BCUT2D eigenvalue weighted by Crippen LogP contribution is -2.05. The highest BCUT2D eigenvalue weighted by atomic mass is 35.5. The van der Waals surface area contributed by atoms with E-state index in [2.05, 4.69) is 0 Å². The Kier molecular flexibility index (Phi) is 4.05. The van der Waals surface area contributed by atoms with Crippen molar-refractivity contribution in [1.29, 1.82) is 10.5 Å². The van der Waals surface area contributed by atoms with E-state index in [9.17, 15) is 4.79 Å². The summed E-state index contributed by atoms with van der Waals surface area (Å²) >= 11 is 5.94.